The van der Waals surface area contributed by atoms with Crippen LogP contribution in [-0.2, 0) is 0 Å². The van der Waals surface area contributed by atoms with Crippen molar-refractivity contribution in [3.63, 3.8) is 0 Å². The summed E-state index contributed by atoms with van der Waals surface area (Å²) in [5, 5.41) is 0. The molecule has 1 rings (SSSR count). The van der Waals surface area contributed by atoms with Gasteiger partial charge in [-0.15, -0.1) is 0 Å². The van der Waals surface area contributed by atoms with Gasteiger partial charge in [0.2, 0.25) is 0 Å². The third kappa shape index (κ3) is 1.99. The van der Waals surface area contributed by atoms with Gasteiger partial charge in [-0.1, -0.05) is 6.07 Å². The highest BCUT2D eigenvalue weighted by molar-refractivity contribution is 9.10. The molecule has 12 heavy (non-hydrogen) atoms. The summed E-state index contributed by atoms with van der Waals surface area (Å²) in [6.07, 6.45) is 0. The first-order chi connectivity index (χ1) is 5.65. The lowest BCUT2D eigenvalue weighted by Gasteiger charge is -2.11. The maximum absolute atomic E-state index is 3.50. The fourth-order valence-corrected chi connectivity index (χ4v) is 1.97. The molecule has 0 radical (unpaired) electrons. The standard InChI is InChI=1S/C9H13BrN2/c1-6-4-7(2)9(12-11-3)8(10)5-6/h4-5,11-12H,1-3H3. The molecule has 1 aromatic rings. The average Bonchev–Trinajstić information content (AvgIpc) is 1.96. The summed E-state index contributed by atoms with van der Waals surface area (Å²) in [7, 11) is 1.85. The van der Waals surface area contributed by atoms with Crippen LogP contribution in [0.5, 0.6) is 0 Å². The Kier molecular flexibility index (Phi) is 3.12. The predicted molar refractivity (Wildman–Crippen MR) is 56.3 cm³/mol. The van der Waals surface area contributed by atoms with Crippen molar-refractivity contribution in [1.29, 1.82) is 0 Å². The number of hydrazine groups is 1. The van der Waals surface area contributed by atoms with Gasteiger partial charge in [0.25, 0.3) is 0 Å². The van der Waals surface area contributed by atoms with Crippen LogP contribution in [0.2, 0.25) is 0 Å². The third-order valence-electron chi connectivity index (χ3n) is 1.68. The number of hydrogen-bond donors (Lipinski definition) is 2. The van der Waals surface area contributed by atoms with Gasteiger partial charge in [0.15, 0.2) is 0 Å². The number of aryl methyl sites for hydroxylation is 2. The Morgan fingerprint density at radius 2 is 1.92 bits per heavy atom. The second-order valence-electron chi connectivity index (χ2n) is 2.81. The molecule has 0 saturated carbocycles. The lowest BCUT2D eigenvalue weighted by molar-refractivity contribution is 0.977. The molecule has 0 bridgehead atoms. The molecule has 0 saturated heterocycles. The molecule has 0 aliphatic rings. The van der Waals surface area contributed by atoms with Gasteiger partial charge >= 0.3 is 0 Å². The summed E-state index contributed by atoms with van der Waals surface area (Å²) in [5.74, 6) is 0. The summed E-state index contributed by atoms with van der Waals surface area (Å²) in [6, 6.07) is 4.23. The lowest BCUT2D eigenvalue weighted by atomic mass is 10.1. The molecule has 0 unspecified atom stereocenters. The van der Waals surface area contributed by atoms with Crippen LogP contribution >= 0.6 is 15.9 Å². The average molecular weight is 229 g/mol. The molecule has 1 aromatic carbocycles. The highest BCUT2D eigenvalue weighted by Crippen LogP contribution is 2.26. The molecule has 0 aliphatic heterocycles. The van der Waals surface area contributed by atoms with E-state index < -0.39 is 0 Å². The summed E-state index contributed by atoms with van der Waals surface area (Å²) in [4.78, 5) is 0. The Morgan fingerprint density at radius 1 is 1.25 bits per heavy atom. The minimum atomic E-state index is 1.09. The van der Waals surface area contributed by atoms with Crippen molar-refractivity contribution in [3.05, 3.63) is 27.7 Å². The van der Waals surface area contributed by atoms with Gasteiger partial charge < -0.3 is 5.43 Å². The number of hydrogen-bond acceptors (Lipinski definition) is 2. The molecule has 66 valence electrons. The van der Waals surface area contributed by atoms with Gasteiger partial charge in [0.1, 0.15) is 0 Å². The molecule has 0 aliphatic carbocycles. The highest BCUT2D eigenvalue weighted by Gasteiger charge is 2.02. The van der Waals surface area contributed by atoms with E-state index in [1.165, 1.54) is 11.1 Å². The Hall–Kier alpha value is -0.540. The van der Waals surface area contributed by atoms with Crippen molar-refractivity contribution < 1.29 is 0 Å². The summed E-state index contributed by atoms with van der Waals surface area (Å²) in [5.41, 5.74) is 9.58. The molecule has 0 amide bonds. The van der Waals surface area contributed by atoms with Crippen LogP contribution < -0.4 is 10.9 Å². The van der Waals surface area contributed by atoms with E-state index in [2.05, 4.69) is 52.8 Å². The van der Waals surface area contributed by atoms with Crippen LogP contribution in [-0.4, -0.2) is 7.05 Å². The number of anilines is 1. The molecule has 2 nitrogen and oxygen atoms in total. The zero-order valence-corrected chi connectivity index (χ0v) is 9.12. The van der Waals surface area contributed by atoms with Gasteiger partial charge in [-0.2, -0.15) is 0 Å². The maximum Gasteiger partial charge on any atom is 0.0658 e. The molecule has 0 spiro atoms. The second kappa shape index (κ2) is 3.92. The zero-order valence-electron chi connectivity index (χ0n) is 7.53. The van der Waals surface area contributed by atoms with E-state index in [-0.39, 0.29) is 0 Å². The first kappa shape index (κ1) is 9.55. The smallest absolute Gasteiger partial charge is 0.0658 e. The largest absolute Gasteiger partial charge is 0.320 e. The van der Waals surface area contributed by atoms with Crippen LogP contribution in [0.1, 0.15) is 11.1 Å². The fourth-order valence-electron chi connectivity index (χ4n) is 1.20. The molecular formula is C9H13BrN2. The minimum absolute atomic E-state index is 1.09. The van der Waals surface area contributed by atoms with Crippen LogP contribution in [0.15, 0.2) is 16.6 Å². The number of nitrogens with one attached hydrogen (secondary N) is 2. The van der Waals surface area contributed by atoms with Gasteiger partial charge in [0.05, 0.1) is 5.69 Å². The normalized spacial score (nSPS) is 10.0. The van der Waals surface area contributed by atoms with E-state index in [1.54, 1.807) is 0 Å². The zero-order chi connectivity index (χ0) is 9.14. The van der Waals surface area contributed by atoms with E-state index in [0.29, 0.717) is 0 Å². The maximum atomic E-state index is 3.50. The summed E-state index contributed by atoms with van der Waals surface area (Å²) in [6.45, 7) is 4.17. The topological polar surface area (TPSA) is 24.1 Å². The van der Waals surface area contributed by atoms with E-state index in [1.807, 2.05) is 7.05 Å². The van der Waals surface area contributed by atoms with Crippen LogP contribution in [0.3, 0.4) is 0 Å². The Bertz CT molecular complexity index is 261. The van der Waals surface area contributed by atoms with Crippen molar-refractivity contribution in [2.75, 3.05) is 12.5 Å². The third-order valence-corrected chi connectivity index (χ3v) is 2.31. The molecule has 3 heteroatoms. The number of benzene rings is 1. The van der Waals surface area contributed by atoms with E-state index >= 15 is 0 Å². The van der Waals surface area contributed by atoms with Crippen molar-refractivity contribution >= 4 is 21.6 Å². The van der Waals surface area contributed by atoms with Crippen molar-refractivity contribution in [2.24, 2.45) is 0 Å². The molecule has 0 atom stereocenters. The number of halogens is 1. The Morgan fingerprint density at radius 3 is 2.42 bits per heavy atom. The van der Waals surface area contributed by atoms with E-state index in [0.717, 1.165) is 10.2 Å². The van der Waals surface area contributed by atoms with Crippen LogP contribution in [0.25, 0.3) is 0 Å². The summed E-state index contributed by atoms with van der Waals surface area (Å²) >= 11 is 3.50. The van der Waals surface area contributed by atoms with Gasteiger partial charge in [-0.3, -0.25) is 0 Å². The minimum Gasteiger partial charge on any atom is -0.320 e. The molecule has 0 fully saturated rings. The first-order valence-corrected chi connectivity index (χ1v) is 4.64. The quantitative estimate of drug-likeness (QED) is 0.761. The van der Waals surface area contributed by atoms with E-state index in [9.17, 15) is 0 Å². The highest BCUT2D eigenvalue weighted by atomic mass is 79.9. The fraction of sp³-hybridized carbons (Fsp3) is 0.333. The van der Waals surface area contributed by atoms with Crippen LogP contribution in [0.4, 0.5) is 5.69 Å². The van der Waals surface area contributed by atoms with Crippen molar-refractivity contribution in [2.45, 2.75) is 13.8 Å². The van der Waals surface area contributed by atoms with Gasteiger partial charge in [-0.25, -0.2) is 5.43 Å². The predicted octanol–water partition coefficient (Wildman–Crippen LogP) is 2.61. The molecular weight excluding hydrogens is 216 g/mol. The van der Waals surface area contributed by atoms with E-state index in [4.69, 9.17) is 0 Å². The van der Waals surface area contributed by atoms with Crippen molar-refractivity contribution in [3.8, 4) is 0 Å². The monoisotopic (exact) mass is 228 g/mol. The number of rotatable bonds is 2. The molecule has 0 aromatic heterocycles. The molecule has 2 N–H and O–H groups in total. The SMILES string of the molecule is CNNc1c(C)cc(C)cc1Br. The van der Waals surface area contributed by atoms with Gasteiger partial charge in [-0.05, 0) is 47.0 Å². The second-order valence-corrected chi connectivity index (χ2v) is 3.67. The van der Waals surface area contributed by atoms with Crippen LogP contribution in [0, 0.1) is 13.8 Å². The molecule has 0 heterocycles. The van der Waals surface area contributed by atoms with Crippen molar-refractivity contribution in [1.82, 2.24) is 5.43 Å². The Balaban J connectivity index is 3.10. The lowest BCUT2D eigenvalue weighted by Crippen LogP contribution is -2.16. The van der Waals surface area contributed by atoms with Gasteiger partial charge in [0, 0.05) is 11.5 Å². The summed E-state index contributed by atoms with van der Waals surface area (Å²) < 4.78 is 1.09. The first-order valence-electron chi connectivity index (χ1n) is 3.84. The Labute approximate surface area is 81.5 Å².